The summed E-state index contributed by atoms with van der Waals surface area (Å²) in [5.41, 5.74) is 5.03. The lowest BCUT2D eigenvalue weighted by Crippen LogP contribution is -2.67. The van der Waals surface area contributed by atoms with Crippen LogP contribution in [0.2, 0.25) is 0 Å². The van der Waals surface area contributed by atoms with E-state index in [0.717, 1.165) is 26.2 Å². The Morgan fingerprint density at radius 1 is 0.879 bits per heavy atom. The van der Waals surface area contributed by atoms with Crippen LogP contribution in [0.1, 0.15) is 41.0 Å². The molecule has 0 aliphatic carbocycles. The fraction of sp³-hybridized carbons (Fsp3) is 0.345. The summed E-state index contributed by atoms with van der Waals surface area (Å²) < 4.78 is 0. The molecular weight excluding hydrogens is 406 g/mol. The van der Waals surface area contributed by atoms with Crippen molar-refractivity contribution >= 4 is 12.2 Å². The fourth-order valence-corrected chi connectivity index (χ4v) is 5.49. The van der Waals surface area contributed by atoms with E-state index in [2.05, 4.69) is 81.5 Å². The van der Waals surface area contributed by atoms with Gasteiger partial charge in [0.15, 0.2) is 0 Å². The van der Waals surface area contributed by atoms with Gasteiger partial charge in [0, 0.05) is 43.5 Å². The minimum Gasteiger partial charge on any atom is -0.395 e. The molecule has 1 N–H and O–H groups in total. The van der Waals surface area contributed by atoms with Crippen molar-refractivity contribution < 1.29 is 5.11 Å². The van der Waals surface area contributed by atoms with E-state index >= 15 is 0 Å². The van der Waals surface area contributed by atoms with Crippen molar-refractivity contribution in [1.82, 2.24) is 14.8 Å². The highest BCUT2D eigenvalue weighted by Crippen LogP contribution is 2.42. The number of pyridine rings is 1. The smallest absolute Gasteiger partial charge is 0.0593 e. The van der Waals surface area contributed by atoms with Gasteiger partial charge in [-0.25, -0.2) is 0 Å². The minimum atomic E-state index is 0.221. The van der Waals surface area contributed by atoms with Gasteiger partial charge in [0.25, 0.3) is 0 Å². The van der Waals surface area contributed by atoms with E-state index < -0.39 is 0 Å². The average Bonchev–Trinajstić information content (AvgIpc) is 2.85. The summed E-state index contributed by atoms with van der Waals surface area (Å²) in [6, 6.07) is 24.2. The first kappa shape index (κ1) is 22.0. The number of aromatic nitrogens is 1. The predicted molar refractivity (Wildman–Crippen MR) is 135 cm³/mol. The molecule has 0 spiro atoms. The molecule has 5 rings (SSSR count). The van der Waals surface area contributed by atoms with Crippen LogP contribution in [0.4, 0.5) is 0 Å². The molecule has 0 unspecified atom stereocenters. The third kappa shape index (κ3) is 5.09. The van der Waals surface area contributed by atoms with Crippen LogP contribution in [0.15, 0.2) is 79.1 Å². The second-order valence-corrected chi connectivity index (χ2v) is 9.30. The molecule has 3 heterocycles. The maximum Gasteiger partial charge on any atom is 0.0593 e. The van der Waals surface area contributed by atoms with E-state index in [9.17, 15) is 5.11 Å². The number of rotatable bonds is 6. The normalized spacial score (nSPS) is 24.1. The summed E-state index contributed by atoms with van der Waals surface area (Å²) in [7, 11) is 0. The molecule has 2 aromatic carbocycles. The van der Waals surface area contributed by atoms with E-state index in [4.69, 9.17) is 0 Å². The average molecular weight is 440 g/mol. The second-order valence-electron chi connectivity index (χ2n) is 9.30. The highest BCUT2D eigenvalue weighted by molar-refractivity contribution is 5.69. The highest BCUT2D eigenvalue weighted by atomic mass is 16.3. The Bertz CT molecular complexity index is 1040. The summed E-state index contributed by atoms with van der Waals surface area (Å²) >= 11 is 0. The van der Waals surface area contributed by atoms with Crippen LogP contribution in [0, 0.1) is 0 Å². The molecule has 0 radical (unpaired) electrons. The third-order valence-electron chi connectivity index (χ3n) is 7.17. The van der Waals surface area contributed by atoms with Crippen molar-refractivity contribution in [3.63, 3.8) is 0 Å². The van der Waals surface area contributed by atoms with Gasteiger partial charge in [0.1, 0.15) is 0 Å². The first-order valence-electron chi connectivity index (χ1n) is 12.1. The molecule has 4 nitrogen and oxygen atoms in total. The SMILES string of the molecule is OC[C@@H]1[C@H](c2ccc(C=Cc3ccccc3)cc2)[C@@H]2CN(Cc3cccnc3)CCCCN12. The lowest BCUT2D eigenvalue weighted by atomic mass is 9.74. The van der Waals surface area contributed by atoms with Gasteiger partial charge in [0.2, 0.25) is 0 Å². The van der Waals surface area contributed by atoms with Crippen molar-refractivity contribution in [2.24, 2.45) is 0 Å². The van der Waals surface area contributed by atoms with Crippen molar-refractivity contribution in [1.29, 1.82) is 0 Å². The van der Waals surface area contributed by atoms with Crippen LogP contribution < -0.4 is 0 Å². The van der Waals surface area contributed by atoms with Gasteiger partial charge in [-0.3, -0.25) is 14.8 Å². The quantitative estimate of drug-likeness (QED) is 0.566. The van der Waals surface area contributed by atoms with E-state index in [1.807, 2.05) is 24.5 Å². The van der Waals surface area contributed by atoms with Gasteiger partial charge < -0.3 is 5.11 Å². The standard InChI is InChI=1S/C29H33N3O/c33-22-28-29(26-14-12-24(13-15-26)11-10-23-7-2-1-3-8-23)27-21-31(17-4-5-18-32(27)28)20-25-9-6-16-30-19-25/h1-3,6-16,19,27-29,33H,4-5,17-18,20-22H2/t27-,28+,29+/m0/s1. The number of benzene rings is 2. The molecule has 0 amide bonds. The largest absolute Gasteiger partial charge is 0.395 e. The first-order valence-corrected chi connectivity index (χ1v) is 12.1. The molecule has 4 heteroatoms. The van der Waals surface area contributed by atoms with Crippen LogP contribution in [0.5, 0.6) is 0 Å². The molecular formula is C29H33N3O. The maximum absolute atomic E-state index is 10.2. The number of nitrogens with zero attached hydrogens (tertiary/aromatic N) is 3. The number of hydrogen-bond donors (Lipinski definition) is 1. The van der Waals surface area contributed by atoms with E-state index in [0.29, 0.717) is 12.0 Å². The summed E-state index contributed by atoms with van der Waals surface area (Å²) in [6.07, 6.45) is 10.5. The third-order valence-corrected chi connectivity index (χ3v) is 7.17. The van der Waals surface area contributed by atoms with Gasteiger partial charge in [-0.2, -0.15) is 0 Å². The van der Waals surface area contributed by atoms with Crippen molar-refractivity contribution in [2.45, 2.75) is 37.4 Å². The second kappa shape index (κ2) is 10.4. The summed E-state index contributed by atoms with van der Waals surface area (Å²) in [5.74, 6) is 0.372. The zero-order valence-electron chi connectivity index (χ0n) is 19.1. The van der Waals surface area contributed by atoms with Crippen LogP contribution in [-0.4, -0.2) is 58.2 Å². The molecule has 2 aliphatic rings. The summed E-state index contributed by atoms with van der Waals surface area (Å²) in [5, 5.41) is 10.2. The highest BCUT2D eigenvalue weighted by Gasteiger charge is 2.48. The van der Waals surface area contributed by atoms with Gasteiger partial charge in [-0.05, 0) is 54.3 Å². The molecule has 3 aromatic rings. The van der Waals surface area contributed by atoms with E-state index in [1.165, 1.54) is 35.1 Å². The Labute approximate surface area is 197 Å². The number of fused-ring (bicyclic) bond motifs is 1. The molecule has 1 aromatic heterocycles. The molecule has 2 saturated heterocycles. The summed E-state index contributed by atoms with van der Waals surface area (Å²) in [6.45, 7) is 4.41. The maximum atomic E-state index is 10.2. The number of hydrogen-bond acceptors (Lipinski definition) is 4. The van der Waals surface area contributed by atoms with E-state index in [-0.39, 0.29) is 12.6 Å². The number of aliphatic hydroxyl groups is 1. The molecule has 170 valence electrons. The van der Waals surface area contributed by atoms with Gasteiger partial charge in [-0.1, -0.05) is 72.8 Å². The molecule has 2 fully saturated rings. The topological polar surface area (TPSA) is 39.6 Å². The van der Waals surface area contributed by atoms with Crippen molar-refractivity contribution in [3.05, 3.63) is 101 Å². The van der Waals surface area contributed by atoms with E-state index in [1.54, 1.807) is 0 Å². The lowest BCUT2D eigenvalue weighted by molar-refractivity contribution is -0.0655. The lowest BCUT2D eigenvalue weighted by Gasteiger charge is -2.57. The Balaban J connectivity index is 1.31. The van der Waals surface area contributed by atoms with Gasteiger partial charge >= 0.3 is 0 Å². The Kier molecular flexibility index (Phi) is 6.96. The Hall–Kier alpha value is -2.79. The Morgan fingerprint density at radius 3 is 2.36 bits per heavy atom. The first-order chi connectivity index (χ1) is 16.3. The number of aliphatic hydroxyl groups excluding tert-OH is 1. The van der Waals surface area contributed by atoms with Crippen LogP contribution in [0.3, 0.4) is 0 Å². The summed E-state index contributed by atoms with van der Waals surface area (Å²) in [4.78, 5) is 9.41. The molecule has 0 saturated carbocycles. The van der Waals surface area contributed by atoms with Gasteiger partial charge in [-0.15, -0.1) is 0 Å². The Morgan fingerprint density at radius 2 is 1.64 bits per heavy atom. The zero-order chi connectivity index (χ0) is 22.5. The molecule has 33 heavy (non-hydrogen) atoms. The predicted octanol–water partition coefficient (Wildman–Crippen LogP) is 4.68. The van der Waals surface area contributed by atoms with Crippen LogP contribution in [0.25, 0.3) is 12.2 Å². The van der Waals surface area contributed by atoms with Crippen molar-refractivity contribution in [2.75, 3.05) is 26.2 Å². The minimum absolute atomic E-state index is 0.221. The van der Waals surface area contributed by atoms with Crippen LogP contribution in [-0.2, 0) is 6.54 Å². The monoisotopic (exact) mass is 439 g/mol. The fourth-order valence-electron chi connectivity index (χ4n) is 5.49. The molecule has 3 atom stereocenters. The van der Waals surface area contributed by atoms with Gasteiger partial charge in [0.05, 0.1) is 6.61 Å². The zero-order valence-corrected chi connectivity index (χ0v) is 19.1. The van der Waals surface area contributed by atoms with Crippen molar-refractivity contribution in [3.8, 4) is 0 Å². The van der Waals surface area contributed by atoms with Crippen LogP contribution >= 0.6 is 0 Å². The molecule has 2 aliphatic heterocycles. The molecule has 0 bridgehead atoms.